The molecule has 0 spiro atoms. The van der Waals surface area contributed by atoms with Gasteiger partial charge in [0.05, 0.1) is 6.61 Å². The van der Waals surface area contributed by atoms with Crippen molar-refractivity contribution in [1.29, 1.82) is 0 Å². The van der Waals surface area contributed by atoms with Crippen LogP contribution in [0.25, 0.3) is 22.3 Å². The minimum absolute atomic E-state index is 0.310. The van der Waals surface area contributed by atoms with Crippen LogP contribution < -0.4 is 9.64 Å². The van der Waals surface area contributed by atoms with Gasteiger partial charge in [0, 0.05) is 55.0 Å². The zero-order chi connectivity index (χ0) is 23.2. The maximum atomic E-state index is 5.97. The third-order valence-electron chi connectivity index (χ3n) is 5.95. The van der Waals surface area contributed by atoms with E-state index in [1.807, 2.05) is 43.8 Å². The summed E-state index contributed by atoms with van der Waals surface area (Å²) in [5.41, 5.74) is 4.20. The van der Waals surface area contributed by atoms with Crippen LogP contribution in [0.15, 0.2) is 36.8 Å². The number of aryl methyl sites for hydroxylation is 2. The van der Waals surface area contributed by atoms with Crippen molar-refractivity contribution in [2.45, 2.75) is 34.1 Å². The zero-order valence-corrected chi connectivity index (χ0v) is 19.8. The van der Waals surface area contributed by atoms with Crippen molar-refractivity contribution in [3.63, 3.8) is 0 Å². The Labute approximate surface area is 193 Å². The molecule has 33 heavy (non-hydrogen) atoms. The minimum Gasteiger partial charge on any atom is -0.494 e. The molecule has 8 nitrogen and oxygen atoms in total. The van der Waals surface area contributed by atoms with E-state index in [4.69, 9.17) is 14.7 Å². The van der Waals surface area contributed by atoms with Gasteiger partial charge in [-0.3, -0.25) is 0 Å². The third kappa shape index (κ3) is 4.13. The molecule has 0 unspecified atom stereocenters. The number of benzene rings is 1. The molecule has 4 heterocycles. The zero-order valence-electron chi connectivity index (χ0n) is 19.8. The summed E-state index contributed by atoms with van der Waals surface area (Å²) in [5.74, 6) is 3.32. The van der Waals surface area contributed by atoms with Crippen LogP contribution in [0.5, 0.6) is 5.75 Å². The van der Waals surface area contributed by atoms with Gasteiger partial charge in [0.25, 0.3) is 0 Å². The number of ether oxygens (including phenoxy) is 1. The lowest BCUT2D eigenvalue weighted by Crippen LogP contribution is -2.53. The van der Waals surface area contributed by atoms with Crippen LogP contribution in [0, 0.1) is 12.3 Å². The summed E-state index contributed by atoms with van der Waals surface area (Å²) < 4.78 is 7.86. The molecule has 1 saturated heterocycles. The van der Waals surface area contributed by atoms with Crippen molar-refractivity contribution >= 4 is 16.7 Å². The number of rotatable bonds is 6. The Bertz CT molecular complexity index is 1320. The molecular weight excluding hydrogens is 414 g/mol. The van der Waals surface area contributed by atoms with E-state index in [0.717, 1.165) is 64.0 Å². The second-order valence-corrected chi connectivity index (χ2v) is 9.53. The molecule has 0 bridgehead atoms. The van der Waals surface area contributed by atoms with Gasteiger partial charge >= 0.3 is 0 Å². The van der Waals surface area contributed by atoms with E-state index >= 15 is 0 Å². The van der Waals surface area contributed by atoms with E-state index < -0.39 is 0 Å². The van der Waals surface area contributed by atoms with Crippen LogP contribution in [0.3, 0.4) is 0 Å². The summed E-state index contributed by atoms with van der Waals surface area (Å²) >= 11 is 0. The molecule has 0 aliphatic carbocycles. The molecule has 3 aromatic heterocycles. The van der Waals surface area contributed by atoms with E-state index in [1.165, 1.54) is 0 Å². The van der Waals surface area contributed by atoms with Crippen LogP contribution in [0.4, 0.5) is 5.82 Å². The summed E-state index contributed by atoms with van der Waals surface area (Å²) in [7, 11) is 1.93. The Morgan fingerprint density at radius 2 is 1.94 bits per heavy atom. The fourth-order valence-electron chi connectivity index (χ4n) is 4.48. The minimum atomic E-state index is 0.310. The average molecular weight is 444 g/mol. The standard InChI is InChI=1S/C25H29N7O/c1-6-33-20-10-18(23-30-27-15-31(23)5)8-7-17(20)11-21-26-12-19-9-16(2)28-24(22(19)29-21)32-13-25(3,4)14-32/h7-10,12,15H,6,11,13-14H2,1-5H3. The second kappa shape index (κ2) is 8.10. The molecule has 0 N–H and O–H groups in total. The third-order valence-corrected chi connectivity index (χ3v) is 5.95. The van der Waals surface area contributed by atoms with Gasteiger partial charge < -0.3 is 14.2 Å². The largest absolute Gasteiger partial charge is 0.494 e. The molecule has 1 aliphatic rings. The van der Waals surface area contributed by atoms with Crippen molar-refractivity contribution in [2.24, 2.45) is 12.5 Å². The van der Waals surface area contributed by atoms with Gasteiger partial charge in [-0.15, -0.1) is 10.2 Å². The van der Waals surface area contributed by atoms with Gasteiger partial charge in [-0.2, -0.15) is 0 Å². The first-order valence-electron chi connectivity index (χ1n) is 11.3. The lowest BCUT2D eigenvalue weighted by Gasteiger charge is -2.46. The first kappa shape index (κ1) is 21.3. The highest BCUT2D eigenvalue weighted by Gasteiger charge is 2.36. The SMILES string of the molecule is CCOc1cc(-c2nncn2C)ccc1Cc1ncc2cc(C)nc(N3CC(C)(C)C3)c2n1. The lowest BCUT2D eigenvalue weighted by atomic mass is 9.84. The predicted octanol–water partition coefficient (Wildman–Crippen LogP) is 3.96. The molecule has 0 radical (unpaired) electrons. The van der Waals surface area contributed by atoms with E-state index in [-0.39, 0.29) is 0 Å². The molecule has 1 aliphatic heterocycles. The van der Waals surface area contributed by atoms with Crippen molar-refractivity contribution in [3.05, 3.63) is 53.9 Å². The molecule has 0 amide bonds. The highest BCUT2D eigenvalue weighted by Crippen LogP contribution is 2.36. The topological polar surface area (TPSA) is 81.8 Å². The molecule has 5 rings (SSSR count). The van der Waals surface area contributed by atoms with Crippen LogP contribution in [-0.2, 0) is 13.5 Å². The highest BCUT2D eigenvalue weighted by atomic mass is 16.5. The van der Waals surface area contributed by atoms with Crippen LogP contribution in [0.1, 0.15) is 37.9 Å². The molecule has 8 heteroatoms. The summed E-state index contributed by atoms with van der Waals surface area (Å²) in [5, 5.41) is 9.22. The van der Waals surface area contributed by atoms with Gasteiger partial charge in [0.15, 0.2) is 11.6 Å². The van der Waals surface area contributed by atoms with Crippen molar-refractivity contribution in [3.8, 4) is 17.1 Å². The van der Waals surface area contributed by atoms with Crippen LogP contribution >= 0.6 is 0 Å². The number of nitrogens with zero attached hydrogens (tertiary/aromatic N) is 7. The van der Waals surface area contributed by atoms with Crippen molar-refractivity contribution < 1.29 is 4.74 Å². The summed E-state index contributed by atoms with van der Waals surface area (Å²) in [6.45, 7) is 11.1. The maximum absolute atomic E-state index is 5.97. The fourth-order valence-corrected chi connectivity index (χ4v) is 4.48. The summed E-state index contributed by atoms with van der Waals surface area (Å²) in [4.78, 5) is 16.8. The number of fused-ring (bicyclic) bond motifs is 1. The number of hydrogen-bond acceptors (Lipinski definition) is 7. The Hall–Kier alpha value is -3.55. The monoisotopic (exact) mass is 443 g/mol. The number of anilines is 1. The predicted molar refractivity (Wildman–Crippen MR) is 128 cm³/mol. The van der Waals surface area contributed by atoms with Crippen molar-refractivity contribution in [2.75, 3.05) is 24.6 Å². The summed E-state index contributed by atoms with van der Waals surface area (Å²) in [6, 6.07) is 8.17. The Kier molecular flexibility index (Phi) is 5.23. The quantitative estimate of drug-likeness (QED) is 0.446. The number of pyridine rings is 1. The smallest absolute Gasteiger partial charge is 0.163 e. The van der Waals surface area contributed by atoms with Crippen LogP contribution in [0.2, 0.25) is 0 Å². The normalized spacial score (nSPS) is 15.0. The summed E-state index contributed by atoms with van der Waals surface area (Å²) in [6.07, 6.45) is 4.18. The fraction of sp³-hybridized carbons (Fsp3) is 0.400. The Morgan fingerprint density at radius 1 is 1.12 bits per heavy atom. The van der Waals surface area contributed by atoms with Crippen molar-refractivity contribution in [1.82, 2.24) is 29.7 Å². The van der Waals surface area contributed by atoms with Gasteiger partial charge in [0.1, 0.15) is 23.4 Å². The van der Waals surface area contributed by atoms with E-state index in [0.29, 0.717) is 18.4 Å². The van der Waals surface area contributed by atoms with E-state index in [2.05, 4.69) is 46.1 Å². The van der Waals surface area contributed by atoms with Gasteiger partial charge in [-0.25, -0.2) is 15.0 Å². The van der Waals surface area contributed by atoms with Gasteiger partial charge in [0.2, 0.25) is 0 Å². The Morgan fingerprint density at radius 3 is 2.64 bits per heavy atom. The molecular formula is C25H29N7O. The van der Waals surface area contributed by atoms with Gasteiger partial charge in [-0.1, -0.05) is 26.0 Å². The average Bonchev–Trinajstić information content (AvgIpc) is 3.19. The maximum Gasteiger partial charge on any atom is 0.163 e. The molecule has 0 saturated carbocycles. The van der Waals surface area contributed by atoms with Gasteiger partial charge in [-0.05, 0) is 31.4 Å². The molecule has 170 valence electrons. The van der Waals surface area contributed by atoms with E-state index in [9.17, 15) is 0 Å². The molecule has 1 aromatic carbocycles. The second-order valence-electron chi connectivity index (χ2n) is 9.53. The highest BCUT2D eigenvalue weighted by molar-refractivity contribution is 5.89. The first-order valence-corrected chi connectivity index (χ1v) is 11.3. The lowest BCUT2D eigenvalue weighted by molar-refractivity contribution is 0.275. The first-order chi connectivity index (χ1) is 15.8. The molecule has 0 atom stereocenters. The molecule has 4 aromatic rings. The number of hydrogen-bond donors (Lipinski definition) is 0. The van der Waals surface area contributed by atoms with E-state index in [1.54, 1.807) is 6.33 Å². The Balaban J connectivity index is 1.50. The van der Waals surface area contributed by atoms with Crippen LogP contribution in [-0.4, -0.2) is 49.4 Å². The molecule has 1 fully saturated rings. The number of aromatic nitrogens is 6.